The number of carbonyl (C=O) groups excluding carboxylic acids is 2. The maximum absolute atomic E-state index is 12.1. The zero-order chi connectivity index (χ0) is 15.4. The number of benzene rings is 1. The molecule has 1 aliphatic heterocycles. The zero-order valence-corrected chi connectivity index (χ0v) is 13.0. The number of rotatable bonds is 5. The van der Waals surface area contributed by atoms with E-state index in [1.165, 1.54) is 12.8 Å². The van der Waals surface area contributed by atoms with Crippen LogP contribution in [0.25, 0.3) is 0 Å². The number of hydrogen-bond donors (Lipinski definition) is 1. The monoisotopic (exact) mass is 300 g/mol. The molecule has 1 atom stereocenters. The van der Waals surface area contributed by atoms with Crippen LogP contribution in [0.3, 0.4) is 0 Å². The molecule has 1 aromatic rings. The predicted octanol–water partition coefficient (Wildman–Crippen LogP) is 3.05. The van der Waals surface area contributed by atoms with Crippen molar-refractivity contribution in [2.24, 2.45) is 11.8 Å². The highest BCUT2D eigenvalue weighted by Gasteiger charge is 2.29. The molecule has 0 aromatic heterocycles. The number of nitrogens with zero attached hydrogens (tertiary/aromatic N) is 1. The maximum Gasteiger partial charge on any atom is 0.224 e. The molecule has 1 N–H and O–H groups in total. The second-order valence-corrected chi connectivity index (χ2v) is 6.59. The van der Waals surface area contributed by atoms with Crippen molar-refractivity contribution in [3.63, 3.8) is 0 Å². The van der Waals surface area contributed by atoms with E-state index in [-0.39, 0.29) is 11.8 Å². The van der Waals surface area contributed by atoms with Crippen LogP contribution in [0.1, 0.15) is 38.5 Å². The number of likely N-dealkylation sites (tertiary alicyclic amines) is 1. The molecule has 2 fully saturated rings. The smallest absolute Gasteiger partial charge is 0.224 e. The molecule has 1 heterocycles. The highest BCUT2D eigenvalue weighted by Crippen LogP contribution is 2.31. The van der Waals surface area contributed by atoms with E-state index >= 15 is 0 Å². The Morgan fingerprint density at radius 2 is 1.86 bits per heavy atom. The van der Waals surface area contributed by atoms with Crippen LogP contribution in [0.2, 0.25) is 0 Å². The molecule has 0 spiro atoms. The first-order valence-electron chi connectivity index (χ1n) is 8.33. The van der Waals surface area contributed by atoms with Gasteiger partial charge in [-0.3, -0.25) is 9.59 Å². The van der Waals surface area contributed by atoms with Crippen molar-refractivity contribution in [1.29, 1.82) is 0 Å². The van der Waals surface area contributed by atoms with Crippen molar-refractivity contribution in [3.8, 4) is 0 Å². The average Bonchev–Trinajstić information content (AvgIpc) is 3.33. The van der Waals surface area contributed by atoms with Crippen LogP contribution in [-0.2, 0) is 9.59 Å². The fraction of sp³-hybridized carbons (Fsp3) is 0.556. The summed E-state index contributed by atoms with van der Waals surface area (Å²) >= 11 is 0. The van der Waals surface area contributed by atoms with Gasteiger partial charge < -0.3 is 10.2 Å². The third-order valence-corrected chi connectivity index (χ3v) is 4.63. The van der Waals surface area contributed by atoms with Gasteiger partial charge in [-0.15, -0.1) is 0 Å². The molecule has 1 aromatic carbocycles. The Morgan fingerprint density at radius 3 is 2.59 bits per heavy atom. The molecule has 2 amide bonds. The van der Waals surface area contributed by atoms with Gasteiger partial charge in [0, 0.05) is 31.6 Å². The zero-order valence-electron chi connectivity index (χ0n) is 13.0. The van der Waals surface area contributed by atoms with Crippen molar-refractivity contribution < 1.29 is 9.59 Å². The number of carbonyl (C=O) groups is 2. The van der Waals surface area contributed by atoms with E-state index in [4.69, 9.17) is 0 Å². The predicted molar refractivity (Wildman–Crippen MR) is 86.3 cm³/mol. The Hall–Kier alpha value is -1.84. The maximum atomic E-state index is 12.1. The van der Waals surface area contributed by atoms with Gasteiger partial charge in [0.15, 0.2) is 0 Å². The average molecular weight is 300 g/mol. The Morgan fingerprint density at radius 1 is 1.09 bits per heavy atom. The summed E-state index contributed by atoms with van der Waals surface area (Å²) < 4.78 is 0. The molecule has 1 unspecified atom stereocenters. The summed E-state index contributed by atoms with van der Waals surface area (Å²) in [5, 5.41) is 2.94. The van der Waals surface area contributed by atoms with Crippen LogP contribution in [0.15, 0.2) is 30.3 Å². The lowest BCUT2D eigenvalue weighted by Gasteiger charge is -2.20. The number of anilines is 1. The first kappa shape index (κ1) is 15.1. The SMILES string of the molecule is O=C(CC1CCC(=O)N(CC2CC2)CC1)Nc1ccccc1. The molecule has 3 rings (SSSR count). The number of nitrogens with one attached hydrogen (secondary N) is 1. The van der Waals surface area contributed by atoms with Gasteiger partial charge in [-0.2, -0.15) is 0 Å². The Bertz CT molecular complexity index is 525. The lowest BCUT2D eigenvalue weighted by atomic mass is 9.96. The highest BCUT2D eigenvalue weighted by atomic mass is 16.2. The van der Waals surface area contributed by atoms with E-state index in [1.807, 2.05) is 35.2 Å². The van der Waals surface area contributed by atoms with Crippen molar-refractivity contribution in [1.82, 2.24) is 4.90 Å². The van der Waals surface area contributed by atoms with Gasteiger partial charge >= 0.3 is 0 Å². The topological polar surface area (TPSA) is 49.4 Å². The normalized spacial score (nSPS) is 22.3. The standard InChI is InChI=1S/C18H24N2O2/c21-17(19-16-4-2-1-3-5-16)12-14-8-9-18(22)20(11-10-14)13-15-6-7-15/h1-5,14-15H,6-13H2,(H,19,21). The van der Waals surface area contributed by atoms with Gasteiger partial charge in [0.1, 0.15) is 0 Å². The molecule has 1 saturated heterocycles. The lowest BCUT2D eigenvalue weighted by molar-refractivity contribution is -0.131. The summed E-state index contributed by atoms with van der Waals surface area (Å²) in [7, 11) is 0. The molecule has 1 aliphatic carbocycles. The van der Waals surface area contributed by atoms with Gasteiger partial charge in [0.25, 0.3) is 0 Å². The Labute approximate surface area is 131 Å². The number of amides is 2. The van der Waals surface area contributed by atoms with Crippen LogP contribution >= 0.6 is 0 Å². The van der Waals surface area contributed by atoms with Crippen LogP contribution in [0.5, 0.6) is 0 Å². The third kappa shape index (κ3) is 4.33. The summed E-state index contributed by atoms with van der Waals surface area (Å²) in [5.74, 6) is 1.39. The molecule has 1 saturated carbocycles. The van der Waals surface area contributed by atoms with E-state index in [9.17, 15) is 9.59 Å². The Kier molecular flexibility index (Phi) is 4.76. The molecule has 4 heteroatoms. The fourth-order valence-corrected chi connectivity index (χ4v) is 3.10. The van der Waals surface area contributed by atoms with Crippen molar-refractivity contribution in [3.05, 3.63) is 30.3 Å². The first-order chi connectivity index (χ1) is 10.7. The highest BCUT2D eigenvalue weighted by molar-refractivity contribution is 5.90. The lowest BCUT2D eigenvalue weighted by Crippen LogP contribution is -2.32. The summed E-state index contributed by atoms with van der Waals surface area (Å²) in [5.41, 5.74) is 0.840. The van der Waals surface area contributed by atoms with Gasteiger partial charge in [0.2, 0.25) is 11.8 Å². The van der Waals surface area contributed by atoms with Crippen LogP contribution in [-0.4, -0.2) is 29.8 Å². The third-order valence-electron chi connectivity index (χ3n) is 4.63. The molecular formula is C18H24N2O2. The number of para-hydroxylation sites is 1. The summed E-state index contributed by atoms with van der Waals surface area (Å²) in [4.78, 5) is 26.3. The Balaban J connectivity index is 1.48. The van der Waals surface area contributed by atoms with Crippen LogP contribution < -0.4 is 5.32 Å². The van der Waals surface area contributed by atoms with Gasteiger partial charge in [0.05, 0.1) is 0 Å². The molecule has 0 bridgehead atoms. The second kappa shape index (κ2) is 6.95. The van der Waals surface area contributed by atoms with E-state index < -0.39 is 0 Å². The number of hydrogen-bond acceptors (Lipinski definition) is 2. The van der Waals surface area contributed by atoms with Gasteiger partial charge in [-0.25, -0.2) is 0 Å². The largest absolute Gasteiger partial charge is 0.342 e. The minimum atomic E-state index is 0.0549. The minimum Gasteiger partial charge on any atom is -0.342 e. The van der Waals surface area contributed by atoms with Crippen molar-refractivity contribution in [2.75, 3.05) is 18.4 Å². The molecule has 2 aliphatic rings. The van der Waals surface area contributed by atoms with E-state index in [1.54, 1.807) is 0 Å². The molecule has 118 valence electrons. The van der Waals surface area contributed by atoms with Crippen LogP contribution in [0, 0.1) is 11.8 Å². The molecule has 22 heavy (non-hydrogen) atoms. The molecule has 4 nitrogen and oxygen atoms in total. The van der Waals surface area contributed by atoms with E-state index in [0.29, 0.717) is 18.8 Å². The van der Waals surface area contributed by atoms with Crippen LogP contribution in [0.4, 0.5) is 5.69 Å². The minimum absolute atomic E-state index is 0.0549. The van der Waals surface area contributed by atoms with Gasteiger partial charge in [-0.05, 0) is 49.7 Å². The summed E-state index contributed by atoms with van der Waals surface area (Å²) in [6.07, 6.45) is 5.43. The molecule has 0 radical (unpaired) electrons. The summed E-state index contributed by atoms with van der Waals surface area (Å²) in [6.45, 7) is 1.75. The van der Waals surface area contributed by atoms with Crippen molar-refractivity contribution >= 4 is 17.5 Å². The van der Waals surface area contributed by atoms with Gasteiger partial charge in [-0.1, -0.05) is 18.2 Å². The van der Waals surface area contributed by atoms with E-state index in [2.05, 4.69) is 5.32 Å². The second-order valence-electron chi connectivity index (χ2n) is 6.59. The molecular weight excluding hydrogens is 276 g/mol. The van der Waals surface area contributed by atoms with E-state index in [0.717, 1.165) is 37.5 Å². The summed E-state index contributed by atoms with van der Waals surface area (Å²) in [6, 6.07) is 9.55. The first-order valence-corrected chi connectivity index (χ1v) is 8.33. The fourth-order valence-electron chi connectivity index (χ4n) is 3.10. The quantitative estimate of drug-likeness (QED) is 0.908. The van der Waals surface area contributed by atoms with Crippen molar-refractivity contribution in [2.45, 2.75) is 38.5 Å².